The van der Waals surface area contributed by atoms with E-state index in [4.69, 9.17) is 5.11 Å². The number of hydrogen-bond donors (Lipinski definition) is 2. The fourth-order valence-corrected chi connectivity index (χ4v) is 3.94. The monoisotopic (exact) mass is 295 g/mol. The Morgan fingerprint density at radius 3 is 2.84 bits per heavy atom. The molecule has 0 spiro atoms. The molecule has 0 aromatic carbocycles. The summed E-state index contributed by atoms with van der Waals surface area (Å²) in [5, 5.41) is 16.8. The second kappa shape index (κ2) is 4.94. The Kier molecular flexibility index (Phi) is 3.28. The Balaban J connectivity index is 1.71. The fourth-order valence-electron chi connectivity index (χ4n) is 2.02. The molecule has 0 bridgehead atoms. The van der Waals surface area contributed by atoms with Crippen LogP contribution in [0, 0.1) is 5.92 Å². The summed E-state index contributed by atoms with van der Waals surface area (Å²) in [7, 11) is 0. The summed E-state index contributed by atoms with van der Waals surface area (Å²) in [6.45, 7) is 0. The van der Waals surface area contributed by atoms with Gasteiger partial charge in [0.2, 0.25) is 0 Å². The maximum Gasteiger partial charge on any atom is 0.326 e. The third kappa shape index (κ3) is 2.79. The van der Waals surface area contributed by atoms with Gasteiger partial charge >= 0.3 is 5.97 Å². The third-order valence-electron chi connectivity index (χ3n) is 3.25. The molecule has 2 N–H and O–H groups in total. The van der Waals surface area contributed by atoms with E-state index in [-0.39, 0.29) is 5.91 Å². The normalized spacial score (nSPS) is 16.4. The van der Waals surface area contributed by atoms with Gasteiger partial charge in [-0.05, 0) is 23.8 Å². The summed E-state index contributed by atoms with van der Waals surface area (Å²) in [6, 6.07) is 1.06. The van der Waals surface area contributed by atoms with Crippen molar-refractivity contribution >= 4 is 44.6 Å². The van der Waals surface area contributed by atoms with Gasteiger partial charge in [0, 0.05) is 15.5 Å². The lowest BCUT2D eigenvalue weighted by molar-refractivity contribution is -0.139. The van der Waals surface area contributed by atoms with Crippen LogP contribution in [0.1, 0.15) is 28.9 Å². The minimum atomic E-state index is -0.946. The van der Waals surface area contributed by atoms with Gasteiger partial charge in [0.15, 0.2) is 0 Å². The van der Waals surface area contributed by atoms with Gasteiger partial charge < -0.3 is 10.4 Å². The number of carboxylic acid groups (broad SMARTS) is 1. The van der Waals surface area contributed by atoms with Gasteiger partial charge in [-0.3, -0.25) is 4.79 Å². The van der Waals surface area contributed by atoms with Gasteiger partial charge in [-0.25, -0.2) is 4.79 Å². The van der Waals surface area contributed by atoms with E-state index in [0.29, 0.717) is 17.2 Å². The van der Waals surface area contributed by atoms with E-state index < -0.39 is 12.0 Å². The highest BCUT2D eigenvalue weighted by Gasteiger charge is 2.30. The maximum atomic E-state index is 12.1. The predicted octanol–water partition coefficient (Wildman–Crippen LogP) is 2.95. The highest BCUT2D eigenvalue weighted by atomic mass is 32.1. The van der Waals surface area contributed by atoms with Crippen molar-refractivity contribution in [2.75, 3.05) is 0 Å². The molecule has 1 aliphatic rings. The lowest BCUT2D eigenvalue weighted by Gasteiger charge is -2.13. The van der Waals surface area contributed by atoms with Crippen LogP contribution in [0.5, 0.6) is 0 Å². The van der Waals surface area contributed by atoms with Crippen molar-refractivity contribution < 1.29 is 14.7 Å². The summed E-state index contributed by atoms with van der Waals surface area (Å²) >= 11 is 3.01. The number of nitrogens with one attached hydrogen (secondary N) is 1. The zero-order valence-electron chi connectivity index (χ0n) is 10.1. The van der Waals surface area contributed by atoms with E-state index in [1.54, 1.807) is 11.3 Å². The first-order valence-corrected chi connectivity index (χ1v) is 7.89. The minimum absolute atomic E-state index is 0.278. The van der Waals surface area contributed by atoms with Crippen molar-refractivity contribution in [1.29, 1.82) is 0 Å². The third-order valence-corrected chi connectivity index (χ3v) is 5.26. The molecule has 100 valence electrons. The number of rotatable bonds is 5. The molecule has 1 atom stereocenters. The first-order chi connectivity index (χ1) is 9.13. The van der Waals surface area contributed by atoms with Crippen LogP contribution < -0.4 is 5.32 Å². The standard InChI is InChI=1S/C13H13NO3S2/c15-12(10-4-8-5-18-6-11(8)19-10)14-9(13(16)17)3-7-1-2-7/h4-7,9H,1-3H2,(H,14,15)(H,16,17). The van der Waals surface area contributed by atoms with Crippen LogP contribution in [0.2, 0.25) is 0 Å². The molecule has 4 nitrogen and oxygen atoms in total. The largest absolute Gasteiger partial charge is 0.480 e. The lowest BCUT2D eigenvalue weighted by Crippen LogP contribution is -2.40. The molecule has 3 rings (SSSR count). The van der Waals surface area contributed by atoms with E-state index in [0.717, 1.165) is 22.9 Å². The Labute approximate surface area is 118 Å². The van der Waals surface area contributed by atoms with Crippen molar-refractivity contribution in [3.05, 3.63) is 21.7 Å². The molecule has 2 aromatic rings. The first-order valence-electron chi connectivity index (χ1n) is 6.13. The number of amides is 1. The van der Waals surface area contributed by atoms with Crippen molar-refractivity contribution in [1.82, 2.24) is 5.32 Å². The van der Waals surface area contributed by atoms with Crippen LogP contribution >= 0.6 is 22.7 Å². The number of hydrogen-bond acceptors (Lipinski definition) is 4. The van der Waals surface area contributed by atoms with Gasteiger partial charge in [0.05, 0.1) is 4.88 Å². The molecular weight excluding hydrogens is 282 g/mol. The molecule has 0 radical (unpaired) electrons. The first kappa shape index (κ1) is 12.6. The quantitative estimate of drug-likeness (QED) is 0.891. The Bertz CT molecular complexity index is 598. The van der Waals surface area contributed by atoms with Crippen LogP contribution in [0.15, 0.2) is 16.8 Å². The molecule has 0 saturated heterocycles. The molecule has 19 heavy (non-hydrogen) atoms. The Hall–Kier alpha value is -1.40. The van der Waals surface area contributed by atoms with Crippen molar-refractivity contribution in [3.63, 3.8) is 0 Å². The maximum absolute atomic E-state index is 12.1. The van der Waals surface area contributed by atoms with Crippen LogP contribution in [-0.2, 0) is 4.79 Å². The van der Waals surface area contributed by atoms with Crippen molar-refractivity contribution in [2.45, 2.75) is 25.3 Å². The van der Waals surface area contributed by atoms with Crippen molar-refractivity contribution in [2.24, 2.45) is 5.92 Å². The van der Waals surface area contributed by atoms with Gasteiger partial charge in [0.25, 0.3) is 5.91 Å². The SMILES string of the molecule is O=C(NC(CC1CC1)C(=O)O)c1cc2cscc2s1. The van der Waals surface area contributed by atoms with Crippen LogP contribution in [-0.4, -0.2) is 23.0 Å². The van der Waals surface area contributed by atoms with Gasteiger partial charge in [-0.1, -0.05) is 12.8 Å². The smallest absolute Gasteiger partial charge is 0.326 e. The average Bonchev–Trinajstić information content (AvgIpc) is 2.91. The summed E-state index contributed by atoms with van der Waals surface area (Å²) < 4.78 is 1.07. The zero-order chi connectivity index (χ0) is 13.4. The van der Waals surface area contributed by atoms with Crippen LogP contribution in [0.4, 0.5) is 0 Å². The average molecular weight is 295 g/mol. The van der Waals surface area contributed by atoms with Crippen LogP contribution in [0.25, 0.3) is 10.1 Å². The van der Waals surface area contributed by atoms with E-state index in [2.05, 4.69) is 5.32 Å². The van der Waals surface area contributed by atoms with E-state index in [9.17, 15) is 9.59 Å². The number of carbonyl (C=O) groups is 2. The highest BCUT2D eigenvalue weighted by Crippen LogP contribution is 2.34. The second-order valence-electron chi connectivity index (χ2n) is 4.85. The molecule has 0 aliphatic heterocycles. The number of carbonyl (C=O) groups excluding carboxylic acids is 1. The summed E-state index contributed by atoms with van der Waals surface area (Å²) in [6.07, 6.45) is 2.70. The molecule has 1 aliphatic carbocycles. The van der Waals surface area contributed by atoms with Gasteiger partial charge in [-0.2, -0.15) is 11.3 Å². The van der Waals surface area contributed by atoms with Gasteiger partial charge in [0.1, 0.15) is 6.04 Å². The summed E-state index contributed by atoms with van der Waals surface area (Å²) in [4.78, 5) is 23.8. The molecule has 2 aromatic heterocycles. The number of carboxylic acids is 1. The Morgan fingerprint density at radius 1 is 1.42 bits per heavy atom. The fraction of sp³-hybridized carbons (Fsp3) is 0.385. The second-order valence-corrected chi connectivity index (χ2v) is 6.67. The number of aliphatic carboxylic acids is 1. The highest BCUT2D eigenvalue weighted by molar-refractivity contribution is 7.24. The molecule has 2 heterocycles. The lowest BCUT2D eigenvalue weighted by atomic mass is 10.1. The molecule has 1 unspecified atom stereocenters. The van der Waals surface area contributed by atoms with Gasteiger partial charge in [-0.15, -0.1) is 11.3 Å². The van der Waals surface area contributed by atoms with Crippen LogP contribution in [0.3, 0.4) is 0 Å². The number of fused-ring (bicyclic) bond motifs is 1. The molecular formula is C13H13NO3S2. The topological polar surface area (TPSA) is 66.4 Å². The zero-order valence-corrected chi connectivity index (χ0v) is 11.7. The van der Waals surface area contributed by atoms with E-state index in [1.165, 1.54) is 11.3 Å². The number of thiophene rings is 2. The molecule has 6 heteroatoms. The minimum Gasteiger partial charge on any atom is -0.480 e. The van der Waals surface area contributed by atoms with E-state index >= 15 is 0 Å². The van der Waals surface area contributed by atoms with Crippen molar-refractivity contribution in [3.8, 4) is 0 Å². The summed E-state index contributed by atoms with van der Waals surface area (Å²) in [5.74, 6) is -0.759. The molecule has 1 amide bonds. The molecule has 1 saturated carbocycles. The van der Waals surface area contributed by atoms with E-state index in [1.807, 2.05) is 16.8 Å². The molecule has 1 fully saturated rings. The predicted molar refractivity (Wildman–Crippen MR) is 75.9 cm³/mol. The Morgan fingerprint density at radius 2 is 2.21 bits per heavy atom. The summed E-state index contributed by atoms with van der Waals surface area (Å²) in [5.41, 5.74) is 0.